The molecule has 2 nitrogen and oxygen atoms in total. The average Bonchev–Trinajstić information content (AvgIpc) is 2.44. The summed E-state index contributed by atoms with van der Waals surface area (Å²) in [5.41, 5.74) is 10.2. The lowest BCUT2D eigenvalue weighted by Crippen LogP contribution is -2.21. The highest BCUT2D eigenvalue weighted by molar-refractivity contribution is 9.10. The van der Waals surface area contributed by atoms with Gasteiger partial charge in [-0.15, -0.1) is 0 Å². The van der Waals surface area contributed by atoms with E-state index in [4.69, 9.17) is 5.73 Å². The van der Waals surface area contributed by atoms with Crippen molar-refractivity contribution >= 4 is 15.9 Å². The molecular formula is C17H20BrNO. The summed E-state index contributed by atoms with van der Waals surface area (Å²) in [4.78, 5) is 0. The van der Waals surface area contributed by atoms with E-state index in [1.54, 1.807) is 0 Å². The van der Waals surface area contributed by atoms with E-state index in [1.807, 2.05) is 43.3 Å². The zero-order chi connectivity index (χ0) is 14.7. The van der Waals surface area contributed by atoms with Gasteiger partial charge in [0.2, 0.25) is 0 Å². The Morgan fingerprint density at radius 2 is 1.70 bits per heavy atom. The van der Waals surface area contributed by atoms with Crippen molar-refractivity contribution in [3.63, 3.8) is 0 Å². The number of aliphatic hydroxyl groups is 1. The van der Waals surface area contributed by atoms with E-state index in [1.165, 1.54) is 0 Å². The minimum Gasteiger partial charge on any atom is -0.388 e. The van der Waals surface area contributed by atoms with Crippen molar-refractivity contribution in [1.82, 2.24) is 0 Å². The van der Waals surface area contributed by atoms with Crippen LogP contribution >= 0.6 is 15.9 Å². The third-order valence-corrected chi connectivity index (χ3v) is 4.71. The van der Waals surface area contributed by atoms with Crippen LogP contribution in [0.3, 0.4) is 0 Å². The maximum atomic E-state index is 10.8. The molecule has 0 aliphatic rings. The second kappa shape index (κ2) is 6.53. The van der Waals surface area contributed by atoms with Crippen LogP contribution in [0.5, 0.6) is 0 Å². The Hall–Kier alpha value is -1.16. The molecule has 2 unspecified atom stereocenters. The molecule has 0 spiro atoms. The van der Waals surface area contributed by atoms with Crippen molar-refractivity contribution in [2.75, 3.05) is 6.54 Å². The van der Waals surface area contributed by atoms with Gasteiger partial charge in [0.1, 0.15) is 0 Å². The zero-order valence-electron chi connectivity index (χ0n) is 11.8. The predicted octanol–water partition coefficient (Wildman–Crippen LogP) is 3.84. The molecule has 2 atom stereocenters. The summed E-state index contributed by atoms with van der Waals surface area (Å²) in [5, 5.41) is 10.8. The molecule has 0 aliphatic carbocycles. The summed E-state index contributed by atoms with van der Waals surface area (Å²) in [5.74, 6) is -0.0933. The van der Waals surface area contributed by atoms with Crippen molar-refractivity contribution in [3.8, 4) is 0 Å². The molecule has 0 aromatic heterocycles. The monoisotopic (exact) mass is 333 g/mol. The van der Waals surface area contributed by atoms with Crippen LogP contribution in [-0.4, -0.2) is 11.7 Å². The van der Waals surface area contributed by atoms with E-state index < -0.39 is 6.10 Å². The Bertz CT molecular complexity index is 597. The van der Waals surface area contributed by atoms with Gasteiger partial charge in [-0.25, -0.2) is 0 Å². The van der Waals surface area contributed by atoms with Gasteiger partial charge >= 0.3 is 0 Å². The van der Waals surface area contributed by atoms with Crippen LogP contribution in [0.25, 0.3) is 0 Å². The van der Waals surface area contributed by atoms with Crippen LogP contribution in [0.2, 0.25) is 0 Å². The van der Waals surface area contributed by atoms with Crippen LogP contribution in [-0.2, 0) is 0 Å². The number of aliphatic hydroxyl groups excluding tert-OH is 1. The Morgan fingerprint density at radius 1 is 1.05 bits per heavy atom. The lowest BCUT2D eigenvalue weighted by molar-refractivity contribution is 0.146. The lowest BCUT2D eigenvalue weighted by atomic mass is 9.85. The molecular weight excluding hydrogens is 314 g/mol. The van der Waals surface area contributed by atoms with Crippen LogP contribution in [0.4, 0.5) is 0 Å². The minimum absolute atomic E-state index is 0.0933. The maximum absolute atomic E-state index is 10.8. The molecule has 0 saturated carbocycles. The zero-order valence-corrected chi connectivity index (χ0v) is 13.4. The summed E-state index contributed by atoms with van der Waals surface area (Å²) in [6.45, 7) is 4.48. The lowest BCUT2D eigenvalue weighted by Gasteiger charge is -2.25. The SMILES string of the molecule is Cc1ccccc1C(CN)C(O)c1cccc(Br)c1C. The molecule has 0 fully saturated rings. The van der Waals surface area contributed by atoms with Crippen LogP contribution < -0.4 is 5.73 Å². The van der Waals surface area contributed by atoms with Crippen LogP contribution in [0, 0.1) is 13.8 Å². The molecule has 0 radical (unpaired) electrons. The van der Waals surface area contributed by atoms with E-state index in [2.05, 4.69) is 28.9 Å². The maximum Gasteiger partial charge on any atom is 0.0873 e. The van der Waals surface area contributed by atoms with E-state index >= 15 is 0 Å². The van der Waals surface area contributed by atoms with Gasteiger partial charge in [0.25, 0.3) is 0 Å². The van der Waals surface area contributed by atoms with Crippen molar-refractivity contribution in [2.24, 2.45) is 5.73 Å². The summed E-state index contributed by atoms with van der Waals surface area (Å²) < 4.78 is 1.01. The van der Waals surface area contributed by atoms with Gasteiger partial charge in [-0.1, -0.05) is 52.3 Å². The van der Waals surface area contributed by atoms with E-state index in [0.29, 0.717) is 6.54 Å². The molecule has 2 rings (SSSR count). The molecule has 0 amide bonds. The van der Waals surface area contributed by atoms with Crippen LogP contribution in [0.1, 0.15) is 34.3 Å². The summed E-state index contributed by atoms with van der Waals surface area (Å²) in [7, 11) is 0. The molecule has 3 N–H and O–H groups in total. The topological polar surface area (TPSA) is 46.2 Å². The molecule has 2 aromatic rings. The molecule has 0 bridgehead atoms. The predicted molar refractivity (Wildman–Crippen MR) is 86.8 cm³/mol. The average molecular weight is 334 g/mol. The smallest absolute Gasteiger partial charge is 0.0873 e. The first kappa shape index (κ1) is 15.2. The molecule has 3 heteroatoms. The second-order valence-corrected chi connectivity index (χ2v) is 5.95. The number of hydrogen-bond donors (Lipinski definition) is 2. The fourth-order valence-electron chi connectivity index (χ4n) is 2.59. The van der Waals surface area contributed by atoms with Crippen molar-refractivity contribution < 1.29 is 5.11 Å². The Labute approximate surface area is 128 Å². The third-order valence-electron chi connectivity index (χ3n) is 3.85. The van der Waals surface area contributed by atoms with Gasteiger partial charge in [0.05, 0.1) is 6.10 Å². The number of hydrogen-bond acceptors (Lipinski definition) is 2. The number of halogens is 1. The highest BCUT2D eigenvalue weighted by atomic mass is 79.9. The quantitative estimate of drug-likeness (QED) is 0.892. The van der Waals surface area contributed by atoms with Gasteiger partial charge in [-0.2, -0.15) is 0 Å². The normalized spacial score (nSPS) is 14.1. The third kappa shape index (κ3) is 2.95. The largest absolute Gasteiger partial charge is 0.388 e. The first-order valence-electron chi connectivity index (χ1n) is 6.75. The molecule has 20 heavy (non-hydrogen) atoms. The molecule has 0 heterocycles. The summed E-state index contributed by atoms with van der Waals surface area (Å²) >= 11 is 3.51. The van der Waals surface area contributed by atoms with E-state index in [9.17, 15) is 5.11 Å². The van der Waals surface area contributed by atoms with Gasteiger partial charge < -0.3 is 10.8 Å². The molecule has 0 saturated heterocycles. The van der Waals surface area contributed by atoms with Crippen LogP contribution in [0.15, 0.2) is 46.9 Å². The minimum atomic E-state index is -0.599. The van der Waals surface area contributed by atoms with E-state index in [0.717, 1.165) is 26.7 Å². The van der Waals surface area contributed by atoms with Gasteiger partial charge in [0, 0.05) is 16.9 Å². The Kier molecular flexibility index (Phi) is 4.97. The molecule has 2 aromatic carbocycles. The highest BCUT2D eigenvalue weighted by Crippen LogP contribution is 2.35. The Morgan fingerprint density at radius 3 is 2.35 bits per heavy atom. The Balaban J connectivity index is 2.42. The van der Waals surface area contributed by atoms with E-state index in [-0.39, 0.29) is 5.92 Å². The standard InChI is InChI=1S/C17H20BrNO/c1-11-6-3-4-7-13(11)15(10-19)17(20)14-8-5-9-16(18)12(14)2/h3-9,15,17,20H,10,19H2,1-2H3. The van der Waals surface area contributed by atoms with Gasteiger partial charge in [-0.3, -0.25) is 0 Å². The van der Waals surface area contributed by atoms with Gasteiger partial charge in [0.15, 0.2) is 0 Å². The van der Waals surface area contributed by atoms with Gasteiger partial charge in [-0.05, 0) is 42.2 Å². The highest BCUT2D eigenvalue weighted by Gasteiger charge is 2.24. The number of aryl methyl sites for hydroxylation is 1. The summed E-state index contributed by atoms with van der Waals surface area (Å²) in [6, 6.07) is 14.0. The number of benzene rings is 2. The fourth-order valence-corrected chi connectivity index (χ4v) is 2.97. The first-order chi connectivity index (χ1) is 9.56. The number of nitrogens with two attached hydrogens (primary N) is 1. The fraction of sp³-hybridized carbons (Fsp3) is 0.294. The first-order valence-corrected chi connectivity index (χ1v) is 7.54. The number of rotatable bonds is 4. The molecule has 0 aliphatic heterocycles. The second-order valence-electron chi connectivity index (χ2n) is 5.10. The molecule has 106 valence electrons. The van der Waals surface area contributed by atoms with Crippen molar-refractivity contribution in [3.05, 3.63) is 69.2 Å². The summed E-state index contributed by atoms with van der Waals surface area (Å²) in [6.07, 6.45) is -0.599. The van der Waals surface area contributed by atoms with Crippen molar-refractivity contribution in [2.45, 2.75) is 25.9 Å². The van der Waals surface area contributed by atoms with Crippen molar-refractivity contribution in [1.29, 1.82) is 0 Å².